The van der Waals surface area contributed by atoms with Crippen LogP contribution in [-0.2, 0) is 6.42 Å². The maximum Gasteiger partial charge on any atom is 0.0627 e. The third-order valence-electron chi connectivity index (χ3n) is 5.08. The third-order valence-corrected chi connectivity index (χ3v) is 5.08. The Morgan fingerprint density at radius 3 is 2.76 bits per heavy atom. The fourth-order valence-corrected chi connectivity index (χ4v) is 3.47. The molecule has 1 fully saturated rings. The van der Waals surface area contributed by atoms with Crippen molar-refractivity contribution in [1.82, 2.24) is 15.1 Å². The van der Waals surface area contributed by atoms with E-state index in [2.05, 4.69) is 43.0 Å². The van der Waals surface area contributed by atoms with E-state index in [1.165, 1.54) is 50.8 Å². The number of hydrogen-bond acceptors (Lipinski definition) is 2. The largest absolute Gasteiger partial charge is 0.316 e. The van der Waals surface area contributed by atoms with Crippen molar-refractivity contribution in [1.29, 1.82) is 0 Å². The summed E-state index contributed by atoms with van der Waals surface area (Å²) in [5.74, 6) is 1.67. The molecule has 3 nitrogen and oxygen atoms in total. The first-order valence-electron chi connectivity index (χ1n) is 8.99. The summed E-state index contributed by atoms with van der Waals surface area (Å²) in [5, 5.41) is 8.43. The van der Waals surface area contributed by atoms with Gasteiger partial charge >= 0.3 is 0 Å². The van der Waals surface area contributed by atoms with Crippen molar-refractivity contribution in [2.24, 2.45) is 11.8 Å². The summed E-state index contributed by atoms with van der Waals surface area (Å²) in [6, 6.07) is 2.75. The van der Waals surface area contributed by atoms with Crippen molar-refractivity contribution in [3.8, 4) is 0 Å². The maximum absolute atomic E-state index is 4.80. The number of rotatable bonds is 8. The Balaban J connectivity index is 1.90. The van der Waals surface area contributed by atoms with Crippen LogP contribution in [0.2, 0.25) is 0 Å². The summed E-state index contributed by atoms with van der Waals surface area (Å²) < 4.78 is 2.14. The van der Waals surface area contributed by atoms with Gasteiger partial charge in [0.15, 0.2) is 0 Å². The van der Waals surface area contributed by atoms with Gasteiger partial charge in [0.1, 0.15) is 0 Å². The van der Waals surface area contributed by atoms with Crippen molar-refractivity contribution in [3.63, 3.8) is 0 Å². The van der Waals surface area contributed by atoms with Gasteiger partial charge in [0.05, 0.1) is 5.69 Å². The fraction of sp³-hybridized carbons (Fsp3) is 0.833. The van der Waals surface area contributed by atoms with Crippen LogP contribution >= 0.6 is 0 Å². The van der Waals surface area contributed by atoms with Crippen molar-refractivity contribution in [2.75, 3.05) is 13.1 Å². The van der Waals surface area contributed by atoms with Crippen LogP contribution in [0.25, 0.3) is 0 Å². The van der Waals surface area contributed by atoms with E-state index in [9.17, 15) is 0 Å². The van der Waals surface area contributed by atoms with Gasteiger partial charge in [0, 0.05) is 12.2 Å². The molecule has 0 saturated heterocycles. The van der Waals surface area contributed by atoms with Crippen molar-refractivity contribution < 1.29 is 0 Å². The summed E-state index contributed by atoms with van der Waals surface area (Å²) in [7, 11) is 0. The number of aromatic nitrogens is 2. The average Bonchev–Trinajstić information content (AvgIpc) is 2.97. The molecule has 1 aliphatic carbocycles. The molecule has 0 spiro atoms. The summed E-state index contributed by atoms with van der Waals surface area (Å²) in [4.78, 5) is 0. The highest BCUT2D eigenvalue weighted by molar-refractivity contribution is 5.02. The second kappa shape index (κ2) is 8.57. The lowest BCUT2D eigenvalue weighted by molar-refractivity contribution is 0.227. The van der Waals surface area contributed by atoms with Crippen molar-refractivity contribution in [3.05, 3.63) is 18.0 Å². The van der Waals surface area contributed by atoms with Crippen LogP contribution in [0.5, 0.6) is 0 Å². The molecule has 1 aliphatic rings. The Morgan fingerprint density at radius 2 is 2.05 bits per heavy atom. The molecule has 3 unspecified atom stereocenters. The second-order valence-corrected chi connectivity index (χ2v) is 6.76. The zero-order valence-corrected chi connectivity index (χ0v) is 14.1. The molecular formula is C18H33N3. The van der Waals surface area contributed by atoms with E-state index in [0.717, 1.165) is 24.8 Å². The Labute approximate surface area is 130 Å². The minimum absolute atomic E-state index is 0.520. The molecule has 0 aromatic carbocycles. The fourth-order valence-electron chi connectivity index (χ4n) is 3.47. The zero-order valence-electron chi connectivity index (χ0n) is 14.1. The first-order chi connectivity index (χ1) is 10.2. The molecular weight excluding hydrogens is 258 g/mol. The van der Waals surface area contributed by atoms with E-state index in [-0.39, 0.29) is 0 Å². The van der Waals surface area contributed by atoms with Gasteiger partial charge < -0.3 is 5.32 Å². The van der Waals surface area contributed by atoms with Gasteiger partial charge in [-0.15, -0.1) is 0 Å². The van der Waals surface area contributed by atoms with Gasteiger partial charge in [-0.2, -0.15) is 5.10 Å². The molecule has 0 amide bonds. The SMILES string of the molecule is CCCNCC1CCCCC1Cc1ccn(C(C)CC)n1. The van der Waals surface area contributed by atoms with E-state index < -0.39 is 0 Å². The summed E-state index contributed by atoms with van der Waals surface area (Å²) in [6.07, 6.45) is 11.3. The van der Waals surface area contributed by atoms with Crippen LogP contribution in [0.4, 0.5) is 0 Å². The van der Waals surface area contributed by atoms with Gasteiger partial charge in [-0.3, -0.25) is 4.68 Å². The van der Waals surface area contributed by atoms with E-state index in [4.69, 9.17) is 5.10 Å². The molecule has 1 heterocycles. The topological polar surface area (TPSA) is 29.9 Å². The van der Waals surface area contributed by atoms with Gasteiger partial charge in [-0.1, -0.05) is 26.7 Å². The molecule has 1 aromatic rings. The number of nitrogens with one attached hydrogen (secondary N) is 1. The minimum atomic E-state index is 0.520. The second-order valence-electron chi connectivity index (χ2n) is 6.76. The van der Waals surface area contributed by atoms with Crippen LogP contribution in [0.15, 0.2) is 12.3 Å². The Bertz CT molecular complexity index is 399. The lowest BCUT2D eigenvalue weighted by atomic mass is 9.77. The lowest BCUT2D eigenvalue weighted by Gasteiger charge is -2.31. The highest BCUT2D eigenvalue weighted by atomic mass is 15.3. The van der Waals surface area contributed by atoms with Gasteiger partial charge in [-0.25, -0.2) is 0 Å². The normalized spacial score (nSPS) is 24.1. The predicted octanol–water partition coefficient (Wildman–Crippen LogP) is 4.20. The maximum atomic E-state index is 4.80. The zero-order chi connectivity index (χ0) is 15.1. The Morgan fingerprint density at radius 1 is 1.29 bits per heavy atom. The molecule has 1 saturated carbocycles. The van der Waals surface area contributed by atoms with Crippen LogP contribution in [-0.4, -0.2) is 22.9 Å². The molecule has 2 rings (SSSR count). The predicted molar refractivity (Wildman–Crippen MR) is 89.5 cm³/mol. The highest BCUT2D eigenvalue weighted by Crippen LogP contribution is 2.32. The molecule has 120 valence electrons. The quantitative estimate of drug-likeness (QED) is 0.727. The Kier molecular flexibility index (Phi) is 6.75. The molecule has 3 atom stereocenters. The molecule has 1 N–H and O–H groups in total. The van der Waals surface area contributed by atoms with Crippen LogP contribution in [0.1, 0.15) is 71.0 Å². The van der Waals surface area contributed by atoms with E-state index in [1.807, 2.05) is 0 Å². The first kappa shape index (κ1) is 16.5. The lowest BCUT2D eigenvalue weighted by Crippen LogP contribution is -2.32. The summed E-state index contributed by atoms with van der Waals surface area (Å²) >= 11 is 0. The van der Waals surface area contributed by atoms with Crippen LogP contribution < -0.4 is 5.32 Å². The highest BCUT2D eigenvalue weighted by Gasteiger charge is 2.25. The third kappa shape index (κ3) is 4.84. The molecule has 0 bridgehead atoms. The molecule has 21 heavy (non-hydrogen) atoms. The standard InChI is InChI=1S/C18H33N3/c1-4-11-19-14-17-9-7-6-8-16(17)13-18-10-12-21(20-18)15(3)5-2/h10,12,15-17,19H,4-9,11,13-14H2,1-3H3. The Hall–Kier alpha value is -0.830. The van der Waals surface area contributed by atoms with Gasteiger partial charge in [0.25, 0.3) is 0 Å². The van der Waals surface area contributed by atoms with E-state index in [0.29, 0.717) is 6.04 Å². The molecule has 0 radical (unpaired) electrons. The molecule has 1 aromatic heterocycles. The van der Waals surface area contributed by atoms with Gasteiger partial charge in [0.2, 0.25) is 0 Å². The average molecular weight is 291 g/mol. The van der Waals surface area contributed by atoms with E-state index in [1.54, 1.807) is 0 Å². The summed E-state index contributed by atoms with van der Waals surface area (Å²) in [6.45, 7) is 9.07. The van der Waals surface area contributed by atoms with Crippen molar-refractivity contribution >= 4 is 0 Å². The summed E-state index contributed by atoms with van der Waals surface area (Å²) in [5.41, 5.74) is 1.29. The number of hydrogen-bond donors (Lipinski definition) is 1. The number of nitrogens with zero attached hydrogens (tertiary/aromatic N) is 2. The monoisotopic (exact) mass is 291 g/mol. The van der Waals surface area contributed by atoms with Gasteiger partial charge in [-0.05, 0) is 70.0 Å². The molecule has 0 aliphatic heterocycles. The van der Waals surface area contributed by atoms with Crippen molar-refractivity contribution in [2.45, 2.75) is 71.8 Å². The smallest absolute Gasteiger partial charge is 0.0627 e. The van der Waals surface area contributed by atoms with Crippen LogP contribution in [0, 0.1) is 11.8 Å². The first-order valence-corrected chi connectivity index (χ1v) is 8.99. The van der Waals surface area contributed by atoms with Crippen LogP contribution in [0.3, 0.4) is 0 Å². The van der Waals surface area contributed by atoms with E-state index >= 15 is 0 Å². The minimum Gasteiger partial charge on any atom is -0.316 e. The molecule has 3 heteroatoms.